The van der Waals surface area contributed by atoms with Gasteiger partial charge in [-0.05, 0) is 35.3 Å². The Morgan fingerprint density at radius 3 is 2.74 bits per heavy atom. The molecule has 2 aromatic rings. The van der Waals surface area contributed by atoms with Crippen molar-refractivity contribution in [3.63, 3.8) is 0 Å². The molecular formula is C14H18BrF3N4O. The standard InChI is InChI=1S/C14H18BrF3N4O/c1-10-20-13-12(7-11(15)8-19-13)22(10)5-4-21(3-2-6-23)9-14(16,17)18/h7-8,23H,2-6,9H2,1H3. The molecule has 0 unspecified atom stereocenters. The lowest BCUT2D eigenvalue weighted by Gasteiger charge is -2.23. The maximum atomic E-state index is 12.6. The molecule has 0 fully saturated rings. The Morgan fingerprint density at radius 1 is 1.35 bits per heavy atom. The van der Waals surface area contributed by atoms with Crippen LogP contribution in [0.2, 0.25) is 0 Å². The Kier molecular flexibility index (Phi) is 5.99. The number of aliphatic hydroxyl groups is 1. The first-order valence-electron chi connectivity index (χ1n) is 7.18. The first-order chi connectivity index (χ1) is 10.8. The molecule has 0 saturated carbocycles. The number of nitrogens with zero attached hydrogens (tertiary/aromatic N) is 4. The van der Waals surface area contributed by atoms with Crippen molar-refractivity contribution in [2.75, 3.05) is 26.2 Å². The van der Waals surface area contributed by atoms with Gasteiger partial charge in [-0.15, -0.1) is 0 Å². The van der Waals surface area contributed by atoms with Gasteiger partial charge < -0.3 is 9.67 Å². The summed E-state index contributed by atoms with van der Waals surface area (Å²) < 4.78 is 40.6. The molecule has 0 radical (unpaired) electrons. The van der Waals surface area contributed by atoms with Crippen molar-refractivity contribution < 1.29 is 18.3 Å². The van der Waals surface area contributed by atoms with Gasteiger partial charge in [0.15, 0.2) is 5.65 Å². The molecule has 2 heterocycles. The summed E-state index contributed by atoms with van der Waals surface area (Å²) in [4.78, 5) is 9.81. The maximum absolute atomic E-state index is 12.6. The van der Waals surface area contributed by atoms with E-state index in [1.165, 1.54) is 4.90 Å². The smallest absolute Gasteiger partial charge is 0.396 e. The van der Waals surface area contributed by atoms with Gasteiger partial charge in [0.05, 0.1) is 12.1 Å². The van der Waals surface area contributed by atoms with Crippen LogP contribution in [0.3, 0.4) is 0 Å². The molecule has 0 aromatic carbocycles. The monoisotopic (exact) mass is 394 g/mol. The van der Waals surface area contributed by atoms with E-state index in [4.69, 9.17) is 5.11 Å². The fraction of sp³-hybridized carbons (Fsp3) is 0.571. The Labute approximate surface area is 140 Å². The molecule has 128 valence electrons. The molecule has 23 heavy (non-hydrogen) atoms. The van der Waals surface area contributed by atoms with Crippen LogP contribution in [-0.2, 0) is 6.54 Å². The predicted octanol–water partition coefficient (Wildman–Crippen LogP) is 2.75. The minimum atomic E-state index is -4.26. The first kappa shape index (κ1) is 18.2. The van der Waals surface area contributed by atoms with Crippen molar-refractivity contribution in [2.24, 2.45) is 0 Å². The summed E-state index contributed by atoms with van der Waals surface area (Å²) in [5, 5.41) is 8.85. The number of pyridine rings is 1. The van der Waals surface area contributed by atoms with Crippen molar-refractivity contribution in [1.82, 2.24) is 19.4 Å². The quantitative estimate of drug-likeness (QED) is 0.784. The number of hydrogen-bond donors (Lipinski definition) is 1. The van der Waals surface area contributed by atoms with Crippen LogP contribution in [0.4, 0.5) is 13.2 Å². The fourth-order valence-electron chi connectivity index (χ4n) is 2.44. The molecular weight excluding hydrogens is 377 g/mol. The van der Waals surface area contributed by atoms with Crippen LogP contribution in [0, 0.1) is 6.92 Å². The van der Waals surface area contributed by atoms with Crippen LogP contribution in [-0.4, -0.2) is 57.0 Å². The topological polar surface area (TPSA) is 54.2 Å². The summed E-state index contributed by atoms with van der Waals surface area (Å²) in [7, 11) is 0. The van der Waals surface area contributed by atoms with E-state index in [0.29, 0.717) is 24.4 Å². The van der Waals surface area contributed by atoms with Gasteiger partial charge in [-0.2, -0.15) is 13.2 Å². The number of aliphatic hydroxyl groups excluding tert-OH is 1. The van der Waals surface area contributed by atoms with E-state index in [-0.39, 0.29) is 19.7 Å². The zero-order valence-electron chi connectivity index (χ0n) is 12.6. The summed E-state index contributed by atoms with van der Waals surface area (Å²) in [6.45, 7) is 1.49. The number of imidazole rings is 1. The predicted molar refractivity (Wildman–Crippen MR) is 84.2 cm³/mol. The summed E-state index contributed by atoms with van der Waals surface area (Å²) in [6, 6.07) is 1.85. The van der Waals surface area contributed by atoms with Gasteiger partial charge in [0.25, 0.3) is 0 Å². The molecule has 1 N–H and O–H groups in total. The third-order valence-corrected chi connectivity index (χ3v) is 3.87. The number of rotatable bonds is 7. The normalized spacial score (nSPS) is 12.5. The van der Waals surface area contributed by atoms with Crippen molar-refractivity contribution in [3.05, 3.63) is 22.6 Å². The van der Waals surface area contributed by atoms with Crippen LogP contribution in [0.1, 0.15) is 12.2 Å². The van der Waals surface area contributed by atoms with Crippen LogP contribution in [0.5, 0.6) is 0 Å². The highest BCUT2D eigenvalue weighted by Gasteiger charge is 2.30. The lowest BCUT2D eigenvalue weighted by molar-refractivity contribution is -0.146. The third kappa shape index (κ3) is 5.15. The number of fused-ring (bicyclic) bond motifs is 1. The van der Waals surface area contributed by atoms with Gasteiger partial charge in [-0.3, -0.25) is 4.90 Å². The Morgan fingerprint density at radius 2 is 2.09 bits per heavy atom. The largest absolute Gasteiger partial charge is 0.401 e. The summed E-state index contributed by atoms with van der Waals surface area (Å²) in [5.41, 5.74) is 1.36. The molecule has 0 aliphatic heterocycles. The molecule has 0 bridgehead atoms. The molecule has 0 amide bonds. The molecule has 0 saturated heterocycles. The average molecular weight is 395 g/mol. The molecule has 9 heteroatoms. The summed E-state index contributed by atoms with van der Waals surface area (Å²) in [5.74, 6) is 0.708. The number of halogens is 4. The zero-order valence-corrected chi connectivity index (χ0v) is 14.2. The molecule has 0 aliphatic rings. The average Bonchev–Trinajstić information content (AvgIpc) is 2.75. The van der Waals surface area contributed by atoms with Crippen molar-refractivity contribution in [3.8, 4) is 0 Å². The van der Waals surface area contributed by atoms with Gasteiger partial charge in [-0.25, -0.2) is 9.97 Å². The Bertz CT molecular complexity index is 659. The second-order valence-corrected chi connectivity index (χ2v) is 6.19. The number of aromatic nitrogens is 3. The Hall–Kier alpha value is -1.19. The van der Waals surface area contributed by atoms with Crippen molar-refractivity contribution in [1.29, 1.82) is 0 Å². The second kappa shape index (κ2) is 7.59. The number of aryl methyl sites for hydroxylation is 1. The van der Waals surface area contributed by atoms with E-state index in [1.807, 2.05) is 10.6 Å². The third-order valence-electron chi connectivity index (χ3n) is 3.44. The minimum absolute atomic E-state index is 0.127. The highest BCUT2D eigenvalue weighted by Crippen LogP contribution is 2.20. The first-order valence-corrected chi connectivity index (χ1v) is 7.98. The van der Waals surface area contributed by atoms with E-state index in [1.54, 1.807) is 13.1 Å². The van der Waals surface area contributed by atoms with Crippen LogP contribution in [0.25, 0.3) is 11.2 Å². The minimum Gasteiger partial charge on any atom is -0.396 e. The van der Waals surface area contributed by atoms with Crippen molar-refractivity contribution >= 4 is 27.1 Å². The molecule has 2 rings (SSSR count). The maximum Gasteiger partial charge on any atom is 0.401 e. The van der Waals surface area contributed by atoms with Gasteiger partial charge in [0, 0.05) is 36.9 Å². The lowest BCUT2D eigenvalue weighted by atomic mass is 10.3. The fourth-order valence-corrected chi connectivity index (χ4v) is 2.75. The van der Waals surface area contributed by atoms with Crippen LogP contribution in [0.15, 0.2) is 16.7 Å². The Balaban J connectivity index is 2.13. The van der Waals surface area contributed by atoms with Crippen molar-refractivity contribution in [2.45, 2.75) is 26.1 Å². The van der Waals surface area contributed by atoms with Gasteiger partial charge in [0.2, 0.25) is 0 Å². The van der Waals surface area contributed by atoms with Crippen LogP contribution >= 0.6 is 15.9 Å². The number of hydrogen-bond acceptors (Lipinski definition) is 4. The van der Waals surface area contributed by atoms with E-state index in [2.05, 4.69) is 25.9 Å². The van der Waals surface area contributed by atoms with Gasteiger partial charge in [0.1, 0.15) is 5.82 Å². The summed E-state index contributed by atoms with van der Waals surface area (Å²) >= 11 is 3.34. The lowest BCUT2D eigenvalue weighted by Crippen LogP contribution is -2.37. The molecule has 0 aliphatic carbocycles. The van der Waals surface area contributed by atoms with E-state index >= 15 is 0 Å². The summed E-state index contributed by atoms with van der Waals surface area (Å²) in [6.07, 6.45) is -2.31. The zero-order chi connectivity index (χ0) is 17.0. The SMILES string of the molecule is Cc1nc2ncc(Br)cc2n1CCN(CCCO)CC(F)(F)F. The second-order valence-electron chi connectivity index (χ2n) is 5.28. The van der Waals surface area contributed by atoms with E-state index in [9.17, 15) is 13.2 Å². The van der Waals surface area contributed by atoms with Crippen LogP contribution < -0.4 is 0 Å². The highest BCUT2D eigenvalue weighted by atomic mass is 79.9. The van der Waals surface area contributed by atoms with E-state index < -0.39 is 12.7 Å². The molecule has 2 aromatic heterocycles. The van der Waals surface area contributed by atoms with Gasteiger partial charge in [-0.1, -0.05) is 0 Å². The molecule has 5 nitrogen and oxygen atoms in total. The highest BCUT2D eigenvalue weighted by molar-refractivity contribution is 9.10. The molecule has 0 spiro atoms. The van der Waals surface area contributed by atoms with Gasteiger partial charge >= 0.3 is 6.18 Å². The van der Waals surface area contributed by atoms with E-state index in [0.717, 1.165) is 9.99 Å². The number of alkyl halides is 3. The molecule has 0 atom stereocenters.